The van der Waals surface area contributed by atoms with Gasteiger partial charge in [0.25, 0.3) is 11.8 Å². The number of halogens is 1. The second-order valence-electron chi connectivity index (χ2n) is 5.99. The van der Waals surface area contributed by atoms with Gasteiger partial charge in [-0.2, -0.15) is 0 Å². The predicted molar refractivity (Wildman–Crippen MR) is 95.6 cm³/mol. The van der Waals surface area contributed by atoms with Gasteiger partial charge >= 0.3 is 0 Å². The van der Waals surface area contributed by atoms with Crippen LogP contribution in [0.25, 0.3) is 0 Å². The van der Waals surface area contributed by atoms with Gasteiger partial charge in [-0.15, -0.1) is 0 Å². The van der Waals surface area contributed by atoms with E-state index in [9.17, 15) is 14.0 Å². The van der Waals surface area contributed by atoms with Crippen LogP contribution in [0.1, 0.15) is 10.4 Å². The number of piperazine rings is 1. The van der Waals surface area contributed by atoms with Crippen molar-refractivity contribution in [2.45, 2.75) is 0 Å². The Morgan fingerprint density at radius 1 is 1.00 bits per heavy atom. The molecule has 2 aromatic rings. The molecule has 1 heterocycles. The van der Waals surface area contributed by atoms with E-state index in [4.69, 9.17) is 10.5 Å². The van der Waals surface area contributed by atoms with Crippen LogP contribution in [-0.4, -0.2) is 49.5 Å². The monoisotopic (exact) mass is 357 g/mol. The Balaban J connectivity index is 1.53. The molecule has 1 aliphatic rings. The van der Waals surface area contributed by atoms with Crippen molar-refractivity contribution in [3.63, 3.8) is 0 Å². The average molecular weight is 357 g/mol. The third-order valence-electron chi connectivity index (χ3n) is 4.33. The molecule has 1 saturated heterocycles. The molecule has 0 bridgehead atoms. The standard InChI is InChI=1S/C19H20FN3O3/c20-14-5-7-15(8-6-14)22-9-11-23(12-10-22)18(24)13-26-17-4-2-1-3-16(17)19(21)25/h1-8H,9-13H2,(H2,21,25). The number of carbonyl (C=O) groups is 2. The molecule has 3 rings (SSSR count). The molecule has 2 amide bonds. The maximum atomic E-state index is 13.0. The van der Waals surface area contributed by atoms with Gasteiger partial charge in [0.2, 0.25) is 0 Å². The van der Waals surface area contributed by atoms with Crippen molar-refractivity contribution in [1.82, 2.24) is 4.90 Å². The summed E-state index contributed by atoms with van der Waals surface area (Å²) < 4.78 is 18.5. The van der Waals surface area contributed by atoms with Gasteiger partial charge in [-0.05, 0) is 36.4 Å². The first-order valence-corrected chi connectivity index (χ1v) is 8.34. The van der Waals surface area contributed by atoms with E-state index < -0.39 is 5.91 Å². The minimum absolute atomic E-state index is 0.150. The third-order valence-corrected chi connectivity index (χ3v) is 4.33. The number of nitrogens with zero attached hydrogens (tertiary/aromatic N) is 2. The van der Waals surface area contributed by atoms with E-state index in [-0.39, 0.29) is 23.9 Å². The summed E-state index contributed by atoms with van der Waals surface area (Å²) in [7, 11) is 0. The highest BCUT2D eigenvalue weighted by Gasteiger charge is 2.22. The lowest BCUT2D eigenvalue weighted by atomic mass is 10.2. The van der Waals surface area contributed by atoms with Gasteiger partial charge in [0, 0.05) is 31.9 Å². The predicted octanol–water partition coefficient (Wildman–Crippen LogP) is 1.65. The second kappa shape index (κ2) is 7.86. The zero-order valence-electron chi connectivity index (χ0n) is 14.2. The molecule has 0 spiro atoms. The summed E-state index contributed by atoms with van der Waals surface area (Å²) in [5.74, 6) is -0.710. The van der Waals surface area contributed by atoms with Crippen LogP contribution < -0.4 is 15.4 Å². The van der Waals surface area contributed by atoms with Crippen molar-refractivity contribution in [3.05, 3.63) is 59.9 Å². The zero-order chi connectivity index (χ0) is 18.5. The van der Waals surface area contributed by atoms with E-state index in [2.05, 4.69) is 4.90 Å². The first-order valence-electron chi connectivity index (χ1n) is 8.34. The molecule has 0 aliphatic carbocycles. The van der Waals surface area contributed by atoms with Crippen LogP contribution in [0, 0.1) is 5.82 Å². The molecule has 0 unspecified atom stereocenters. The van der Waals surface area contributed by atoms with Crippen LogP contribution >= 0.6 is 0 Å². The fourth-order valence-electron chi connectivity index (χ4n) is 2.89. The van der Waals surface area contributed by atoms with E-state index in [0.717, 1.165) is 5.69 Å². The first-order chi connectivity index (χ1) is 12.5. The summed E-state index contributed by atoms with van der Waals surface area (Å²) in [6, 6.07) is 12.9. The van der Waals surface area contributed by atoms with Crippen molar-refractivity contribution >= 4 is 17.5 Å². The second-order valence-corrected chi connectivity index (χ2v) is 5.99. The smallest absolute Gasteiger partial charge is 0.260 e. The minimum atomic E-state index is -0.596. The van der Waals surface area contributed by atoms with Crippen LogP contribution in [0.2, 0.25) is 0 Å². The number of carbonyl (C=O) groups excluding carboxylic acids is 2. The maximum Gasteiger partial charge on any atom is 0.260 e. The number of rotatable bonds is 5. The lowest BCUT2D eigenvalue weighted by Crippen LogP contribution is -2.50. The van der Waals surface area contributed by atoms with E-state index in [1.54, 1.807) is 41.3 Å². The number of nitrogens with two attached hydrogens (primary N) is 1. The number of anilines is 1. The van der Waals surface area contributed by atoms with Gasteiger partial charge in [0.1, 0.15) is 11.6 Å². The van der Waals surface area contributed by atoms with Gasteiger partial charge in [-0.3, -0.25) is 9.59 Å². The highest BCUT2D eigenvalue weighted by atomic mass is 19.1. The molecule has 0 aromatic heterocycles. The summed E-state index contributed by atoms with van der Waals surface area (Å²) in [6.45, 7) is 2.28. The lowest BCUT2D eigenvalue weighted by molar-refractivity contribution is -0.133. The highest BCUT2D eigenvalue weighted by molar-refractivity contribution is 5.95. The van der Waals surface area contributed by atoms with Gasteiger partial charge in [-0.1, -0.05) is 12.1 Å². The summed E-state index contributed by atoms with van der Waals surface area (Å²) >= 11 is 0. The Morgan fingerprint density at radius 3 is 2.31 bits per heavy atom. The van der Waals surface area contributed by atoms with Crippen molar-refractivity contribution in [2.75, 3.05) is 37.7 Å². The summed E-state index contributed by atoms with van der Waals surface area (Å²) in [6.07, 6.45) is 0. The summed E-state index contributed by atoms with van der Waals surface area (Å²) in [5.41, 5.74) is 6.49. The molecule has 2 aromatic carbocycles. The van der Waals surface area contributed by atoms with Gasteiger partial charge < -0.3 is 20.3 Å². The van der Waals surface area contributed by atoms with E-state index in [0.29, 0.717) is 31.9 Å². The van der Waals surface area contributed by atoms with Crippen molar-refractivity contribution in [1.29, 1.82) is 0 Å². The average Bonchev–Trinajstić information content (AvgIpc) is 2.67. The zero-order valence-corrected chi connectivity index (χ0v) is 14.2. The number of hydrogen-bond acceptors (Lipinski definition) is 4. The molecule has 0 saturated carbocycles. The fourth-order valence-corrected chi connectivity index (χ4v) is 2.89. The Bertz CT molecular complexity index is 787. The van der Waals surface area contributed by atoms with Crippen molar-refractivity contribution in [3.8, 4) is 5.75 Å². The Labute approximate surface area is 150 Å². The quantitative estimate of drug-likeness (QED) is 0.883. The third kappa shape index (κ3) is 4.11. The maximum absolute atomic E-state index is 13.0. The van der Waals surface area contributed by atoms with Gasteiger partial charge in [-0.25, -0.2) is 4.39 Å². The SMILES string of the molecule is NC(=O)c1ccccc1OCC(=O)N1CCN(c2ccc(F)cc2)CC1. The number of amides is 2. The number of ether oxygens (including phenoxy) is 1. The molecule has 6 nitrogen and oxygen atoms in total. The van der Waals surface area contributed by atoms with E-state index in [1.165, 1.54) is 12.1 Å². The van der Waals surface area contributed by atoms with E-state index >= 15 is 0 Å². The Hall–Kier alpha value is -3.09. The Kier molecular flexibility index (Phi) is 5.36. The molecule has 26 heavy (non-hydrogen) atoms. The molecule has 1 fully saturated rings. The first kappa shape index (κ1) is 17.7. The molecule has 1 aliphatic heterocycles. The molecular weight excluding hydrogens is 337 g/mol. The Morgan fingerprint density at radius 2 is 1.65 bits per heavy atom. The van der Waals surface area contributed by atoms with Crippen LogP contribution in [0.3, 0.4) is 0 Å². The van der Waals surface area contributed by atoms with Crippen LogP contribution in [-0.2, 0) is 4.79 Å². The van der Waals surface area contributed by atoms with Crippen LogP contribution in [0.5, 0.6) is 5.75 Å². The lowest BCUT2D eigenvalue weighted by Gasteiger charge is -2.36. The molecule has 0 radical (unpaired) electrons. The molecular formula is C19H20FN3O3. The van der Waals surface area contributed by atoms with Crippen LogP contribution in [0.15, 0.2) is 48.5 Å². The summed E-state index contributed by atoms with van der Waals surface area (Å²) in [5, 5.41) is 0. The topological polar surface area (TPSA) is 75.9 Å². The molecule has 7 heteroatoms. The number of primary amides is 1. The van der Waals surface area contributed by atoms with E-state index in [1.807, 2.05) is 0 Å². The number of hydrogen-bond donors (Lipinski definition) is 1. The molecule has 136 valence electrons. The van der Waals surface area contributed by atoms with Crippen molar-refractivity contribution < 1.29 is 18.7 Å². The molecule has 2 N–H and O–H groups in total. The molecule has 0 atom stereocenters. The number of benzene rings is 2. The van der Waals surface area contributed by atoms with Crippen molar-refractivity contribution in [2.24, 2.45) is 5.73 Å². The number of para-hydroxylation sites is 1. The normalized spacial score (nSPS) is 14.2. The van der Waals surface area contributed by atoms with Gasteiger partial charge in [0.15, 0.2) is 6.61 Å². The fraction of sp³-hybridized carbons (Fsp3) is 0.263. The highest BCUT2D eigenvalue weighted by Crippen LogP contribution is 2.19. The van der Waals surface area contributed by atoms with Gasteiger partial charge in [0.05, 0.1) is 5.56 Å². The largest absolute Gasteiger partial charge is 0.483 e. The van der Waals surface area contributed by atoms with Crippen LogP contribution in [0.4, 0.5) is 10.1 Å². The summed E-state index contributed by atoms with van der Waals surface area (Å²) in [4.78, 5) is 27.6. The minimum Gasteiger partial charge on any atom is -0.483 e.